The molecule has 0 unspecified atom stereocenters. The van der Waals surface area contributed by atoms with E-state index in [0.717, 1.165) is 5.56 Å². The van der Waals surface area contributed by atoms with Crippen LogP contribution in [0.2, 0.25) is 0 Å². The number of carbonyl (C=O) groups excluding carboxylic acids is 1. The Kier molecular flexibility index (Phi) is 4.53. The first kappa shape index (κ1) is 15.0. The van der Waals surface area contributed by atoms with Crippen LogP contribution in [0.4, 0.5) is 0 Å². The lowest BCUT2D eigenvalue weighted by Gasteiger charge is -2.24. The van der Waals surface area contributed by atoms with Gasteiger partial charge in [0.25, 0.3) is 5.91 Å². The number of aliphatic carboxylic acids is 1. The fourth-order valence-electron chi connectivity index (χ4n) is 1.78. The van der Waals surface area contributed by atoms with Crippen LogP contribution in [0.5, 0.6) is 5.75 Å². The number of carbonyl (C=O) groups is 2. The van der Waals surface area contributed by atoms with Gasteiger partial charge in [-0.15, -0.1) is 0 Å². The summed E-state index contributed by atoms with van der Waals surface area (Å²) < 4.78 is 5.17. The lowest BCUT2D eigenvalue weighted by atomic mass is 9.99. The Morgan fingerprint density at radius 2 is 2.00 bits per heavy atom. The molecule has 0 fully saturated rings. The third kappa shape index (κ3) is 4.28. The second kappa shape index (κ2) is 5.73. The molecule has 5 heteroatoms. The van der Waals surface area contributed by atoms with Crippen molar-refractivity contribution in [2.24, 2.45) is 0 Å². The highest BCUT2D eigenvalue weighted by Crippen LogP contribution is 2.21. The minimum Gasteiger partial charge on any atom is -0.496 e. The number of rotatable bonds is 5. The van der Waals surface area contributed by atoms with Crippen LogP contribution in [0.25, 0.3) is 0 Å². The summed E-state index contributed by atoms with van der Waals surface area (Å²) in [6.07, 6.45) is -0.146. The first-order valence-corrected chi connectivity index (χ1v) is 5.94. The van der Waals surface area contributed by atoms with E-state index in [1.165, 1.54) is 7.11 Å². The summed E-state index contributed by atoms with van der Waals surface area (Å²) in [5.41, 5.74) is 0.559. The van der Waals surface area contributed by atoms with Crippen molar-refractivity contribution in [3.05, 3.63) is 29.3 Å². The summed E-state index contributed by atoms with van der Waals surface area (Å²) in [5.74, 6) is -0.826. The van der Waals surface area contributed by atoms with E-state index in [1.54, 1.807) is 26.0 Å². The van der Waals surface area contributed by atoms with Crippen molar-refractivity contribution in [1.29, 1.82) is 0 Å². The van der Waals surface area contributed by atoms with Gasteiger partial charge in [0.05, 0.1) is 19.1 Å². The van der Waals surface area contributed by atoms with Gasteiger partial charge in [0.1, 0.15) is 5.75 Å². The van der Waals surface area contributed by atoms with Gasteiger partial charge < -0.3 is 15.2 Å². The number of methoxy groups -OCH3 is 1. The number of benzene rings is 1. The van der Waals surface area contributed by atoms with Crippen LogP contribution in [0.3, 0.4) is 0 Å². The van der Waals surface area contributed by atoms with E-state index >= 15 is 0 Å². The van der Waals surface area contributed by atoms with Crippen LogP contribution in [0.1, 0.15) is 36.2 Å². The molecule has 0 aromatic heterocycles. The van der Waals surface area contributed by atoms with Gasteiger partial charge in [-0.25, -0.2) is 0 Å². The predicted molar refractivity (Wildman–Crippen MR) is 71.5 cm³/mol. The van der Waals surface area contributed by atoms with E-state index in [9.17, 15) is 9.59 Å². The molecule has 104 valence electrons. The molecule has 0 spiro atoms. The molecule has 1 aromatic carbocycles. The van der Waals surface area contributed by atoms with Gasteiger partial charge >= 0.3 is 5.97 Å². The van der Waals surface area contributed by atoms with Crippen molar-refractivity contribution in [2.75, 3.05) is 7.11 Å². The molecule has 0 bridgehead atoms. The minimum absolute atomic E-state index is 0.146. The van der Waals surface area contributed by atoms with Crippen molar-refractivity contribution in [3.8, 4) is 5.75 Å². The summed E-state index contributed by atoms with van der Waals surface area (Å²) in [5, 5.41) is 11.5. The molecule has 0 saturated carbocycles. The third-order valence-corrected chi connectivity index (χ3v) is 2.65. The van der Waals surface area contributed by atoms with E-state index in [4.69, 9.17) is 9.84 Å². The zero-order valence-corrected chi connectivity index (χ0v) is 11.6. The molecule has 1 rings (SSSR count). The number of hydrogen-bond acceptors (Lipinski definition) is 3. The number of carboxylic acids is 1. The summed E-state index contributed by atoms with van der Waals surface area (Å²) in [7, 11) is 1.49. The fourth-order valence-corrected chi connectivity index (χ4v) is 1.78. The zero-order valence-electron chi connectivity index (χ0n) is 11.6. The maximum atomic E-state index is 12.1. The standard InChI is InChI=1S/C14H19NO4/c1-9-5-6-10(11(7-9)19-4)13(18)15-14(2,3)8-12(16)17/h5-7H,8H2,1-4H3,(H,15,18)(H,16,17). The molecule has 0 aliphatic rings. The molecule has 1 aromatic rings. The summed E-state index contributed by atoms with van der Waals surface area (Å²) >= 11 is 0. The lowest BCUT2D eigenvalue weighted by molar-refractivity contribution is -0.138. The number of amides is 1. The van der Waals surface area contributed by atoms with Gasteiger partial charge in [0.15, 0.2) is 0 Å². The van der Waals surface area contributed by atoms with Gasteiger partial charge in [0, 0.05) is 5.54 Å². The van der Waals surface area contributed by atoms with Gasteiger partial charge in [0.2, 0.25) is 0 Å². The van der Waals surface area contributed by atoms with Gasteiger partial charge in [-0.2, -0.15) is 0 Å². The second-order valence-corrected chi connectivity index (χ2v) is 5.11. The molecule has 19 heavy (non-hydrogen) atoms. The minimum atomic E-state index is -0.957. The van der Waals surface area contributed by atoms with E-state index in [-0.39, 0.29) is 12.3 Å². The van der Waals surface area contributed by atoms with Gasteiger partial charge in [-0.05, 0) is 38.5 Å². The molecule has 0 radical (unpaired) electrons. The lowest BCUT2D eigenvalue weighted by Crippen LogP contribution is -2.45. The molecule has 1 amide bonds. The SMILES string of the molecule is COc1cc(C)ccc1C(=O)NC(C)(C)CC(=O)O. The number of nitrogens with one attached hydrogen (secondary N) is 1. The Bertz CT molecular complexity index is 494. The Hall–Kier alpha value is -2.04. The maximum absolute atomic E-state index is 12.1. The predicted octanol–water partition coefficient (Wildman–Crippen LogP) is 1.99. The van der Waals surface area contributed by atoms with E-state index < -0.39 is 11.5 Å². The van der Waals surface area contributed by atoms with Crippen molar-refractivity contribution >= 4 is 11.9 Å². The Balaban J connectivity index is 2.92. The summed E-state index contributed by atoms with van der Waals surface area (Å²) in [6, 6.07) is 5.24. The van der Waals surface area contributed by atoms with E-state index in [2.05, 4.69) is 5.32 Å². The smallest absolute Gasteiger partial charge is 0.305 e. The normalized spacial score (nSPS) is 10.9. The number of ether oxygens (including phenoxy) is 1. The Morgan fingerprint density at radius 1 is 1.37 bits per heavy atom. The fraction of sp³-hybridized carbons (Fsp3) is 0.429. The molecule has 0 aliphatic heterocycles. The molecule has 0 saturated heterocycles. The number of carboxylic acid groups (broad SMARTS) is 1. The number of hydrogen-bond donors (Lipinski definition) is 2. The van der Waals surface area contributed by atoms with E-state index in [1.807, 2.05) is 13.0 Å². The number of aryl methyl sites for hydroxylation is 1. The molecular formula is C14H19NO4. The molecule has 5 nitrogen and oxygen atoms in total. The zero-order chi connectivity index (χ0) is 14.6. The van der Waals surface area contributed by atoms with Gasteiger partial charge in [-0.1, -0.05) is 6.07 Å². The van der Waals surface area contributed by atoms with Gasteiger partial charge in [-0.3, -0.25) is 9.59 Å². The first-order valence-electron chi connectivity index (χ1n) is 5.94. The average Bonchev–Trinajstić information content (AvgIpc) is 2.25. The van der Waals surface area contributed by atoms with Crippen molar-refractivity contribution in [1.82, 2.24) is 5.32 Å². The highest BCUT2D eigenvalue weighted by atomic mass is 16.5. The molecule has 0 aliphatic carbocycles. The molecule has 2 N–H and O–H groups in total. The van der Waals surface area contributed by atoms with Crippen LogP contribution in [0, 0.1) is 6.92 Å². The first-order chi connectivity index (χ1) is 8.75. The average molecular weight is 265 g/mol. The van der Waals surface area contributed by atoms with Crippen LogP contribution < -0.4 is 10.1 Å². The summed E-state index contributed by atoms with van der Waals surface area (Å²) in [4.78, 5) is 22.9. The topological polar surface area (TPSA) is 75.6 Å². The Labute approximate surface area is 112 Å². The monoisotopic (exact) mass is 265 g/mol. The molecule has 0 heterocycles. The van der Waals surface area contributed by atoms with E-state index in [0.29, 0.717) is 11.3 Å². The highest BCUT2D eigenvalue weighted by molar-refractivity contribution is 5.97. The highest BCUT2D eigenvalue weighted by Gasteiger charge is 2.25. The van der Waals surface area contributed by atoms with Crippen LogP contribution in [-0.4, -0.2) is 29.6 Å². The maximum Gasteiger partial charge on any atom is 0.305 e. The molecule has 0 atom stereocenters. The Morgan fingerprint density at radius 3 is 2.53 bits per heavy atom. The molecular weight excluding hydrogens is 246 g/mol. The van der Waals surface area contributed by atoms with Crippen molar-refractivity contribution in [2.45, 2.75) is 32.7 Å². The van der Waals surface area contributed by atoms with Crippen LogP contribution in [0.15, 0.2) is 18.2 Å². The second-order valence-electron chi connectivity index (χ2n) is 5.11. The van der Waals surface area contributed by atoms with Crippen molar-refractivity contribution < 1.29 is 19.4 Å². The summed E-state index contributed by atoms with van der Waals surface area (Å²) in [6.45, 7) is 5.23. The third-order valence-electron chi connectivity index (χ3n) is 2.65. The quantitative estimate of drug-likeness (QED) is 0.853. The van der Waals surface area contributed by atoms with Crippen LogP contribution in [-0.2, 0) is 4.79 Å². The van der Waals surface area contributed by atoms with Crippen molar-refractivity contribution in [3.63, 3.8) is 0 Å². The largest absolute Gasteiger partial charge is 0.496 e. The van der Waals surface area contributed by atoms with Crippen LogP contribution >= 0.6 is 0 Å².